The normalized spacial score (nSPS) is 15.4. The first kappa shape index (κ1) is 24.0. The van der Waals surface area contributed by atoms with E-state index in [0.29, 0.717) is 0 Å². The monoisotopic (exact) mass is 500 g/mol. The second-order valence-corrected chi connectivity index (χ2v) is 10.1. The number of pyridine rings is 3. The summed E-state index contributed by atoms with van der Waals surface area (Å²) in [6.45, 7) is 6.18. The third-order valence-electron chi connectivity index (χ3n) is 7.66. The summed E-state index contributed by atoms with van der Waals surface area (Å²) in [6, 6.07) is 10.2. The van der Waals surface area contributed by atoms with Gasteiger partial charge in [0, 0.05) is 40.4 Å². The molecular weight excluding hydrogens is 468 g/mol. The standard InChI is InChI=1S/C32H32N6/c1-3-21(16-22-8-6-5-7-9-22)17-23(4-2)28-18-26-30(20-35-28)37-38-32(26)29-19-25-27(36-29)12-15-34-31(25)24-10-13-33-14-11-24/h3-4,10-15,17-20,22,36H,1,5-9,16H2,2H3,(H,37,38)/b21-17+,23-4+. The Morgan fingerprint density at radius 2 is 1.79 bits per heavy atom. The Balaban J connectivity index is 1.36. The van der Waals surface area contributed by atoms with Crippen LogP contribution in [0.25, 0.3) is 50.0 Å². The minimum Gasteiger partial charge on any atom is -0.353 e. The summed E-state index contributed by atoms with van der Waals surface area (Å²) in [5.74, 6) is 0.760. The number of nitrogens with one attached hydrogen (secondary N) is 2. The third-order valence-corrected chi connectivity index (χ3v) is 7.66. The molecule has 5 aromatic heterocycles. The van der Waals surface area contributed by atoms with Crippen LogP contribution in [0.2, 0.25) is 0 Å². The SMILES string of the molecule is C=C/C(=C\C(=C/C)c1cc2c(-c3cc4c(-c5ccncc5)nccc4[nH]3)n[nH]c2cn1)CC1CCCCC1. The summed E-state index contributed by atoms with van der Waals surface area (Å²) in [4.78, 5) is 17.1. The third kappa shape index (κ3) is 4.70. The molecule has 1 aliphatic rings. The number of nitrogens with zero attached hydrogens (tertiary/aromatic N) is 4. The molecule has 0 saturated heterocycles. The Hall–Kier alpha value is -4.32. The number of H-pyrrole nitrogens is 2. The summed E-state index contributed by atoms with van der Waals surface area (Å²) in [5.41, 5.74) is 9.00. The van der Waals surface area contributed by atoms with Gasteiger partial charge in [0.05, 0.1) is 28.8 Å². The van der Waals surface area contributed by atoms with Crippen LogP contribution in [0.4, 0.5) is 0 Å². The lowest BCUT2D eigenvalue weighted by Crippen LogP contribution is -2.06. The number of rotatable bonds is 7. The van der Waals surface area contributed by atoms with Crippen molar-refractivity contribution in [3.63, 3.8) is 0 Å². The topological polar surface area (TPSA) is 83.1 Å². The van der Waals surface area contributed by atoms with Gasteiger partial charge in [-0.1, -0.05) is 50.8 Å². The van der Waals surface area contributed by atoms with E-state index in [4.69, 9.17) is 4.98 Å². The summed E-state index contributed by atoms with van der Waals surface area (Å²) >= 11 is 0. The molecule has 0 bridgehead atoms. The van der Waals surface area contributed by atoms with Gasteiger partial charge >= 0.3 is 0 Å². The van der Waals surface area contributed by atoms with E-state index in [-0.39, 0.29) is 0 Å². The van der Waals surface area contributed by atoms with Gasteiger partial charge in [-0.05, 0) is 66.8 Å². The van der Waals surface area contributed by atoms with E-state index in [9.17, 15) is 0 Å². The van der Waals surface area contributed by atoms with E-state index in [0.717, 1.165) is 68.1 Å². The molecule has 5 aromatic rings. The highest BCUT2D eigenvalue weighted by molar-refractivity contribution is 6.00. The number of aromatic amines is 2. The molecule has 6 heteroatoms. The van der Waals surface area contributed by atoms with Crippen molar-refractivity contribution in [3.05, 3.63) is 91.2 Å². The van der Waals surface area contributed by atoms with E-state index in [1.54, 1.807) is 12.4 Å². The largest absolute Gasteiger partial charge is 0.353 e. The maximum Gasteiger partial charge on any atom is 0.116 e. The van der Waals surface area contributed by atoms with Gasteiger partial charge < -0.3 is 4.98 Å². The molecule has 1 fully saturated rings. The Morgan fingerprint density at radius 3 is 2.58 bits per heavy atom. The van der Waals surface area contributed by atoms with E-state index in [1.807, 2.05) is 36.7 Å². The van der Waals surface area contributed by atoms with Gasteiger partial charge in [-0.15, -0.1) is 0 Å². The van der Waals surface area contributed by atoms with Crippen molar-refractivity contribution in [1.29, 1.82) is 0 Å². The fourth-order valence-corrected chi connectivity index (χ4v) is 5.63. The van der Waals surface area contributed by atoms with Crippen LogP contribution in [0, 0.1) is 5.92 Å². The van der Waals surface area contributed by atoms with Crippen molar-refractivity contribution in [3.8, 4) is 22.6 Å². The first-order valence-electron chi connectivity index (χ1n) is 13.5. The van der Waals surface area contributed by atoms with Crippen LogP contribution in [0.1, 0.15) is 51.1 Å². The smallest absolute Gasteiger partial charge is 0.116 e. The summed E-state index contributed by atoms with van der Waals surface area (Å²) in [7, 11) is 0. The van der Waals surface area contributed by atoms with Gasteiger partial charge in [-0.2, -0.15) is 5.10 Å². The van der Waals surface area contributed by atoms with Gasteiger partial charge in [0.15, 0.2) is 0 Å². The van der Waals surface area contributed by atoms with Crippen LogP contribution in [-0.4, -0.2) is 30.1 Å². The zero-order valence-electron chi connectivity index (χ0n) is 21.7. The molecule has 0 aromatic carbocycles. The molecule has 0 radical (unpaired) electrons. The zero-order valence-corrected chi connectivity index (χ0v) is 21.7. The van der Waals surface area contributed by atoms with Crippen LogP contribution in [0.3, 0.4) is 0 Å². The van der Waals surface area contributed by atoms with Crippen molar-refractivity contribution < 1.29 is 0 Å². The molecule has 0 spiro atoms. The molecule has 0 unspecified atom stereocenters. The van der Waals surface area contributed by atoms with E-state index in [2.05, 4.69) is 62.9 Å². The average Bonchev–Trinajstić information content (AvgIpc) is 3.60. The molecule has 6 rings (SSSR count). The second-order valence-electron chi connectivity index (χ2n) is 10.1. The van der Waals surface area contributed by atoms with E-state index in [1.165, 1.54) is 37.7 Å². The molecule has 0 aliphatic heterocycles. The Kier molecular flexibility index (Phi) is 6.69. The zero-order chi connectivity index (χ0) is 25.9. The summed E-state index contributed by atoms with van der Waals surface area (Å²) in [5, 5.41) is 9.90. The molecule has 0 atom stereocenters. The predicted molar refractivity (Wildman–Crippen MR) is 155 cm³/mol. The fourth-order valence-electron chi connectivity index (χ4n) is 5.63. The summed E-state index contributed by atoms with van der Waals surface area (Å²) in [6.07, 6.45) is 21.5. The van der Waals surface area contributed by atoms with Crippen molar-refractivity contribution in [2.75, 3.05) is 0 Å². The van der Waals surface area contributed by atoms with Gasteiger partial charge in [-0.25, -0.2) is 0 Å². The van der Waals surface area contributed by atoms with Crippen molar-refractivity contribution in [1.82, 2.24) is 30.1 Å². The van der Waals surface area contributed by atoms with Crippen LogP contribution in [0.5, 0.6) is 0 Å². The van der Waals surface area contributed by atoms with Gasteiger partial charge in [-0.3, -0.25) is 20.1 Å². The number of hydrogen-bond donors (Lipinski definition) is 2. The Morgan fingerprint density at radius 1 is 0.974 bits per heavy atom. The second kappa shape index (κ2) is 10.6. The van der Waals surface area contributed by atoms with E-state index >= 15 is 0 Å². The molecule has 190 valence electrons. The Bertz CT molecular complexity index is 1650. The molecular formula is C32H32N6. The lowest BCUT2D eigenvalue weighted by Gasteiger charge is -2.22. The van der Waals surface area contributed by atoms with Crippen LogP contribution in [-0.2, 0) is 0 Å². The van der Waals surface area contributed by atoms with Crippen molar-refractivity contribution >= 4 is 27.4 Å². The highest BCUT2D eigenvalue weighted by Gasteiger charge is 2.17. The maximum absolute atomic E-state index is 4.77. The van der Waals surface area contributed by atoms with Gasteiger partial charge in [0.2, 0.25) is 0 Å². The molecule has 1 saturated carbocycles. The lowest BCUT2D eigenvalue weighted by atomic mass is 9.84. The predicted octanol–water partition coefficient (Wildman–Crippen LogP) is 8.05. The van der Waals surface area contributed by atoms with E-state index < -0.39 is 0 Å². The fraction of sp³-hybridized carbons (Fsp3) is 0.250. The minimum absolute atomic E-state index is 0.760. The first-order valence-corrected chi connectivity index (χ1v) is 13.5. The maximum atomic E-state index is 4.77. The quantitative estimate of drug-likeness (QED) is 0.221. The van der Waals surface area contributed by atoms with Crippen molar-refractivity contribution in [2.24, 2.45) is 5.92 Å². The van der Waals surface area contributed by atoms with Crippen LogP contribution in [0.15, 0.2) is 85.5 Å². The number of aromatic nitrogens is 6. The van der Waals surface area contributed by atoms with Gasteiger partial charge in [0.1, 0.15) is 5.69 Å². The molecule has 6 nitrogen and oxygen atoms in total. The molecule has 2 N–H and O–H groups in total. The lowest BCUT2D eigenvalue weighted by molar-refractivity contribution is 0.358. The number of fused-ring (bicyclic) bond motifs is 2. The molecule has 0 amide bonds. The highest BCUT2D eigenvalue weighted by atomic mass is 15.1. The van der Waals surface area contributed by atoms with Crippen LogP contribution >= 0.6 is 0 Å². The highest BCUT2D eigenvalue weighted by Crippen LogP contribution is 2.34. The summed E-state index contributed by atoms with van der Waals surface area (Å²) < 4.78 is 0. The first-order chi connectivity index (χ1) is 18.7. The molecule has 38 heavy (non-hydrogen) atoms. The minimum atomic E-state index is 0.760. The van der Waals surface area contributed by atoms with Gasteiger partial charge in [0.25, 0.3) is 0 Å². The Labute approximate surface area is 222 Å². The number of hydrogen-bond acceptors (Lipinski definition) is 4. The van der Waals surface area contributed by atoms with Crippen molar-refractivity contribution in [2.45, 2.75) is 45.4 Å². The molecule has 1 aliphatic carbocycles. The molecule has 5 heterocycles. The average molecular weight is 501 g/mol. The number of allylic oxidation sites excluding steroid dienone is 5. The van der Waals surface area contributed by atoms with Crippen LogP contribution < -0.4 is 0 Å².